The van der Waals surface area contributed by atoms with Gasteiger partial charge >= 0.3 is 0 Å². The smallest absolute Gasteiger partial charge is 0.269 e. The first kappa shape index (κ1) is 15.2. The molecule has 2 N–H and O–H groups in total. The molecule has 0 aromatic heterocycles. The van der Waals surface area contributed by atoms with Crippen molar-refractivity contribution in [3.8, 4) is 0 Å². The molecule has 0 bridgehead atoms. The second-order valence-electron chi connectivity index (χ2n) is 5.09. The molecular formula is C14H20N4O3. The lowest BCUT2D eigenvalue weighted by atomic mass is 10.1. The van der Waals surface area contributed by atoms with Gasteiger partial charge in [0.2, 0.25) is 5.91 Å². The van der Waals surface area contributed by atoms with Gasteiger partial charge in [-0.25, -0.2) is 0 Å². The van der Waals surface area contributed by atoms with Gasteiger partial charge in [0.05, 0.1) is 11.5 Å². The van der Waals surface area contributed by atoms with Gasteiger partial charge in [0, 0.05) is 44.0 Å². The van der Waals surface area contributed by atoms with Crippen LogP contribution in [-0.4, -0.2) is 41.9 Å². The molecule has 0 aliphatic carbocycles. The molecule has 0 saturated carbocycles. The number of amides is 1. The zero-order chi connectivity index (χ0) is 15.2. The maximum absolute atomic E-state index is 11.4. The zero-order valence-electron chi connectivity index (χ0n) is 12.1. The van der Waals surface area contributed by atoms with E-state index in [9.17, 15) is 14.9 Å². The summed E-state index contributed by atoms with van der Waals surface area (Å²) in [7, 11) is 0. The van der Waals surface area contributed by atoms with Gasteiger partial charge in [-0.05, 0) is 18.1 Å². The third-order valence-electron chi connectivity index (χ3n) is 3.38. The van der Waals surface area contributed by atoms with Crippen LogP contribution in [0.3, 0.4) is 0 Å². The molecule has 1 aromatic rings. The highest BCUT2D eigenvalue weighted by Crippen LogP contribution is 2.24. The van der Waals surface area contributed by atoms with E-state index in [1.54, 1.807) is 12.1 Å². The van der Waals surface area contributed by atoms with Gasteiger partial charge in [-0.2, -0.15) is 0 Å². The molecule has 0 radical (unpaired) electrons. The van der Waals surface area contributed by atoms with Gasteiger partial charge in [0.15, 0.2) is 0 Å². The van der Waals surface area contributed by atoms with Gasteiger partial charge in [-0.15, -0.1) is 0 Å². The molecule has 1 fully saturated rings. The van der Waals surface area contributed by atoms with E-state index in [4.69, 9.17) is 0 Å². The molecule has 1 heterocycles. The van der Waals surface area contributed by atoms with E-state index >= 15 is 0 Å². The monoisotopic (exact) mass is 292 g/mol. The number of non-ortho nitro benzene ring substituents is 1. The highest BCUT2D eigenvalue weighted by atomic mass is 16.6. The second kappa shape index (κ2) is 7.03. The normalized spacial score (nSPS) is 15.6. The third-order valence-corrected chi connectivity index (χ3v) is 3.38. The van der Waals surface area contributed by atoms with E-state index in [2.05, 4.69) is 17.6 Å². The van der Waals surface area contributed by atoms with Crippen molar-refractivity contribution >= 4 is 17.3 Å². The van der Waals surface area contributed by atoms with Crippen LogP contribution in [-0.2, 0) is 11.3 Å². The Morgan fingerprint density at radius 1 is 1.48 bits per heavy atom. The van der Waals surface area contributed by atoms with Crippen LogP contribution in [0.15, 0.2) is 18.2 Å². The molecule has 2 rings (SSSR count). The summed E-state index contributed by atoms with van der Waals surface area (Å²) in [6, 6.07) is 4.84. The number of carbonyl (C=O) groups is 1. The van der Waals surface area contributed by atoms with E-state index in [1.807, 2.05) is 4.90 Å². The van der Waals surface area contributed by atoms with Gasteiger partial charge in [0.1, 0.15) is 0 Å². The zero-order valence-corrected chi connectivity index (χ0v) is 12.1. The molecule has 114 valence electrons. The number of nitrogens with zero attached hydrogens (tertiary/aromatic N) is 2. The van der Waals surface area contributed by atoms with Gasteiger partial charge < -0.3 is 10.6 Å². The van der Waals surface area contributed by atoms with Crippen LogP contribution >= 0.6 is 0 Å². The number of nitro benzene ring substituents is 1. The molecule has 0 atom stereocenters. The first-order chi connectivity index (χ1) is 10.1. The predicted octanol–water partition coefficient (Wildman–Crippen LogP) is 1.35. The molecule has 1 aliphatic heterocycles. The van der Waals surface area contributed by atoms with Crippen LogP contribution in [0.4, 0.5) is 11.4 Å². The van der Waals surface area contributed by atoms with Gasteiger partial charge in [-0.3, -0.25) is 19.8 Å². The van der Waals surface area contributed by atoms with Crippen LogP contribution in [0.2, 0.25) is 0 Å². The Hall–Kier alpha value is -2.15. The number of hydrogen-bond donors (Lipinski definition) is 2. The van der Waals surface area contributed by atoms with Crippen LogP contribution in [0.5, 0.6) is 0 Å². The molecule has 0 spiro atoms. The maximum Gasteiger partial charge on any atom is 0.269 e. The topological polar surface area (TPSA) is 87.5 Å². The highest BCUT2D eigenvalue weighted by molar-refractivity contribution is 5.78. The minimum Gasteiger partial charge on any atom is -0.385 e. The lowest BCUT2D eigenvalue weighted by Gasteiger charge is -2.27. The van der Waals surface area contributed by atoms with Crippen LogP contribution in [0, 0.1) is 10.1 Å². The molecular weight excluding hydrogens is 272 g/mol. The fraction of sp³-hybridized carbons (Fsp3) is 0.500. The number of carbonyl (C=O) groups excluding carboxylic acids is 1. The van der Waals surface area contributed by atoms with E-state index in [1.165, 1.54) is 6.07 Å². The number of rotatable bonds is 6. The number of hydrogen-bond acceptors (Lipinski definition) is 5. The predicted molar refractivity (Wildman–Crippen MR) is 80.2 cm³/mol. The van der Waals surface area contributed by atoms with Crippen molar-refractivity contribution in [1.82, 2.24) is 10.2 Å². The van der Waals surface area contributed by atoms with Crippen molar-refractivity contribution in [3.05, 3.63) is 33.9 Å². The maximum atomic E-state index is 11.4. The van der Waals surface area contributed by atoms with E-state index in [0.717, 1.165) is 30.8 Å². The van der Waals surface area contributed by atoms with E-state index in [0.29, 0.717) is 19.6 Å². The van der Waals surface area contributed by atoms with Crippen molar-refractivity contribution in [2.75, 3.05) is 31.5 Å². The molecule has 7 heteroatoms. The van der Waals surface area contributed by atoms with Crippen LogP contribution in [0.25, 0.3) is 0 Å². The Labute approximate surface area is 123 Å². The molecule has 1 aliphatic rings. The summed E-state index contributed by atoms with van der Waals surface area (Å²) in [6.45, 7) is 5.10. The average Bonchev–Trinajstić information content (AvgIpc) is 2.46. The van der Waals surface area contributed by atoms with Gasteiger partial charge in [0.25, 0.3) is 5.69 Å². The standard InChI is InChI=1S/C14H20N4O3/c1-2-5-15-13-4-3-12(18(20)21)8-11(13)9-17-7-6-16-14(19)10-17/h3-4,8,15H,2,5-7,9-10H2,1H3,(H,16,19). The lowest BCUT2D eigenvalue weighted by molar-refractivity contribution is -0.384. The SMILES string of the molecule is CCCNc1ccc([N+](=O)[O-])cc1CN1CCNC(=O)C1. The summed E-state index contributed by atoms with van der Waals surface area (Å²) in [4.78, 5) is 24.0. The van der Waals surface area contributed by atoms with Crippen LogP contribution < -0.4 is 10.6 Å². The number of nitrogens with one attached hydrogen (secondary N) is 2. The highest BCUT2D eigenvalue weighted by Gasteiger charge is 2.19. The Kier molecular flexibility index (Phi) is 5.10. The fourth-order valence-corrected chi connectivity index (χ4v) is 2.32. The Morgan fingerprint density at radius 2 is 2.29 bits per heavy atom. The molecule has 21 heavy (non-hydrogen) atoms. The number of piperazine rings is 1. The Morgan fingerprint density at radius 3 is 2.95 bits per heavy atom. The first-order valence-corrected chi connectivity index (χ1v) is 7.10. The molecule has 0 unspecified atom stereocenters. The van der Waals surface area contributed by atoms with Crippen molar-refractivity contribution in [2.24, 2.45) is 0 Å². The number of benzene rings is 1. The summed E-state index contributed by atoms with van der Waals surface area (Å²) in [6.07, 6.45) is 0.975. The minimum atomic E-state index is -0.393. The fourth-order valence-electron chi connectivity index (χ4n) is 2.32. The minimum absolute atomic E-state index is 0.00486. The molecule has 1 saturated heterocycles. The number of anilines is 1. The van der Waals surface area contributed by atoms with Gasteiger partial charge in [-0.1, -0.05) is 6.92 Å². The van der Waals surface area contributed by atoms with Crippen molar-refractivity contribution < 1.29 is 9.72 Å². The summed E-state index contributed by atoms with van der Waals surface area (Å²) >= 11 is 0. The van der Waals surface area contributed by atoms with Crippen molar-refractivity contribution in [2.45, 2.75) is 19.9 Å². The van der Waals surface area contributed by atoms with Crippen molar-refractivity contribution in [3.63, 3.8) is 0 Å². The molecule has 1 aromatic carbocycles. The molecule has 7 nitrogen and oxygen atoms in total. The van der Waals surface area contributed by atoms with Crippen LogP contribution in [0.1, 0.15) is 18.9 Å². The summed E-state index contributed by atoms with van der Waals surface area (Å²) in [5.41, 5.74) is 1.83. The summed E-state index contributed by atoms with van der Waals surface area (Å²) < 4.78 is 0. The van der Waals surface area contributed by atoms with Crippen molar-refractivity contribution in [1.29, 1.82) is 0 Å². The average molecular weight is 292 g/mol. The van der Waals surface area contributed by atoms with E-state index < -0.39 is 4.92 Å². The Bertz CT molecular complexity index is 533. The Balaban J connectivity index is 2.18. The summed E-state index contributed by atoms with van der Waals surface area (Å²) in [5.74, 6) is -0.00486. The number of nitro groups is 1. The molecule has 1 amide bonds. The largest absolute Gasteiger partial charge is 0.385 e. The first-order valence-electron chi connectivity index (χ1n) is 7.10. The quantitative estimate of drug-likeness (QED) is 0.610. The third kappa shape index (κ3) is 4.16. The lowest BCUT2D eigenvalue weighted by Crippen LogP contribution is -2.47. The van der Waals surface area contributed by atoms with E-state index in [-0.39, 0.29) is 11.6 Å². The summed E-state index contributed by atoms with van der Waals surface area (Å²) in [5, 5.41) is 17.0. The second-order valence-corrected chi connectivity index (χ2v) is 5.09.